The minimum atomic E-state index is -0.0495. The first-order valence-corrected chi connectivity index (χ1v) is 7.02. The second-order valence-electron chi connectivity index (χ2n) is 5.41. The molecule has 0 atom stereocenters. The van der Waals surface area contributed by atoms with Gasteiger partial charge in [0.2, 0.25) is 0 Å². The Balaban J connectivity index is 2.12. The van der Waals surface area contributed by atoms with Crippen LogP contribution in [-0.2, 0) is 12.0 Å². The minimum absolute atomic E-state index is 0.0495. The summed E-state index contributed by atoms with van der Waals surface area (Å²) < 4.78 is 10.1. The topological polar surface area (TPSA) is 47.0 Å². The predicted molar refractivity (Wildman–Crippen MR) is 77.9 cm³/mol. The van der Waals surface area contributed by atoms with Gasteiger partial charge in [0.25, 0.3) is 5.19 Å². The Bertz CT molecular complexity index is 546. The number of hydrogen-bond donors (Lipinski definition) is 1. The van der Waals surface area contributed by atoms with Gasteiger partial charge in [0.05, 0.1) is 0 Å². The molecule has 0 saturated heterocycles. The van der Waals surface area contributed by atoms with Gasteiger partial charge in [-0.3, -0.25) is 0 Å². The highest BCUT2D eigenvalue weighted by molar-refractivity contribution is 7.07. The molecule has 1 aromatic carbocycles. The summed E-state index contributed by atoms with van der Waals surface area (Å²) in [4.78, 5) is 4.42. The summed E-state index contributed by atoms with van der Waals surface area (Å²) in [6.07, 6.45) is 0. The fourth-order valence-electron chi connectivity index (χ4n) is 1.58. The quantitative estimate of drug-likeness (QED) is 0.931. The smallest absolute Gasteiger partial charge is 0.298 e. The summed E-state index contributed by atoms with van der Waals surface area (Å²) in [5.41, 5.74) is 1.13. The highest BCUT2D eigenvalue weighted by Gasteiger charge is 2.20. The Morgan fingerprint density at radius 2 is 2.11 bits per heavy atom. The molecule has 0 aliphatic rings. The van der Waals surface area contributed by atoms with Crippen LogP contribution in [0.15, 0.2) is 24.3 Å². The van der Waals surface area contributed by atoms with Crippen LogP contribution in [0.4, 0.5) is 0 Å². The molecule has 1 heterocycles. The van der Waals surface area contributed by atoms with Gasteiger partial charge in [-0.05, 0) is 24.7 Å². The summed E-state index contributed by atoms with van der Waals surface area (Å²) in [7, 11) is 1.92. The Hall–Kier alpha value is -1.46. The van der Waals surface area contributed by atoms with E-state index in [0.717, 1.165) is 18.1 Å². The SMILES string of the molecule is CNCc1cccc(Oc2nc(C(C)(C)C)ns2)c1. The van der Waals surface area contributed by atoms with E-state index in [2.05, 4.69) is 41.5 Å². The molecular formula is C14H19N3OS. The number of benzene rings is 1. The number of hydrogen-bond acceptors (Lipinski definition) is 5. The van der Waals surface area contributed by atoms with E-state index in [0.29, 0.717) is 5.19 Å². The van der Waals surface area contributed by atoms with Crippen LogP contribution in [0, 0.1) is 0 Å². The van der Waals surface area contributed by atoms with Gasteiger partial charge in [0.1, 0.15) is 5.75 Å². The first kappa shape index (κ1) is 14.0. The number of rotatable bonds is 4. The summed E-state index contributed by atoms with van der Waals surface area (Å²) in [5.74, 6) is 1.61. The average Bonchev–Trinajstić information content (AvgIpc) is 2.78. The van der Waals surface area contributed by atoms with Crippen molar-refractivity contribution in [2.24, 2.45) is 0 Å². The lowest BCUT2D eigenvalue weighted by atomic mass is 9.96. The minimum Gasteiger partial charge on any atom is -0.430 e. The third kappa shape index (κ3) is 3.75. The molecule has 102 valence electrons. The van der Waals surface area contributed by atoms with Gasteiger partial charge >= 0.3 is 0 Å². The summed E-state index contributed by atoms with van der Waals surface area (Å²) in [6.45, 7) is 7.09. The van der Waals surface area contributed by atoms with Gasteiger partial charge in [0, 0.05) is 23.5 Å². The van der Waals surface area contributed by atoms with E-state index in [1.165, 1.54) is 17.1 Å². The van der Waals surface area contributed by atoms with Crippen molar-refractivity contribution in [3.63, 3.8) is 0 Å². The van der Waals surface area contributed by atoms with Crippen LogP contribution in [0.3, 0.4) is 0 Å². The normalized spacial score (nSPS) is 11.6. The van der Waals surface area contributed by atoms with E-state index in [-0.39, 0.29) is 5.41 Å². The predicted octanol–water partition coefficient (Wildman–Crippen LogP) is 3.35. The van der Waals surface area contributed by atoms with Gasteiger partial charge < -0.3 is 10.1 Å². The Kier molecular flexibility index (Phi) is 4.17. The number of nitrogens with zero attached hydrogens (tertiary/aromatic N) is 2. The maximum Gasteiger partial charge on any atom is 0.298 e. The van der Waals surface area contributed by atoms with E-state index in [9.17, 15) is 0 Å². The first-order valence-electron chi connectivity index (χ1n) is 6.24. The summed E-state index contributed by atoms with van der Waals surface area (Å²) >= 11 is 1.29. The molecule has 0 unspecified atom stereocenters. The maximum absolute atomic E-state index is 5.76. The van der Waals surface area contributed by atoms with Crippen molar-refractivity contribution in [3.8, 4) is 10.9 Å². The molecule has 0 amide bonds. The van der Waals surface area contributed by atoms with Crippen LogP contribution in [-0.4, -0.2) is 16.4 Å². The van der Waals surface area contributed by atoms with Crippen molar-refractivity contribution < 1.29 is 4.74 Å². The lowest BCUT2D eigenvalue weighted by molar-refractivity contribution is 0.467. The Morgan fingerprint density at radius 3 is 2.74 bits per heavy atom. The molecule has 2 aromatic rings. The third-order valence-corrected chi connectivity index (χ3v) is 3.16. The molecule has 0 spiro atoms. The zero-order chi connectivity index (χ0) is 13.9. The third-order valence-electron chi connectivity index (χ3n) is 2.56. The second kappa shape index (κ2) is 5.67. The van der Waals surface area contributed by atoms with Gasteiger partial charge in [-0.25, -0.2) is 0 Å². The molecule has 0 saturated carbocycles. The number of aromatic nitrogens is 2. The molecule has 0 fully saturated rings. The Morgan fingerprint density at radius 1 is 1.32 bits per heavy atom. The molecule has 0 aliphatic carbocycles. The highest BCUT2D eigenvalue weighted by atomic mass is 32.1. The summed E-state index contributed by atoms with van der Waals surface area (Å²) in [6, 6.07) is 7.98. The molecule has 0 radical (unpaired) electrons. The molecule has 2 rings (SSSR count). The lowest BCUT2D eigenvalue weighted by Crippen LogP contribution is -2.12. The van der Waals surface area contributed by atoms with E-state index in [4.69, 9.17) is 4.74 Å². The van der Waals surface area contributed by atoms with E-state index >= 15 is 0 Å². The zero-order valence-electron chi connectivity index (χ0n) is 11.7. The van der Waals surface area contributed by atoms with E-state index in [1.54, 1.807) is 0 Å². The fraction of sp³-hybridized carbons (Fsp3) is 0.429. The van der Waals surface area contributed by atoms with Crippen LogP contribution >= 0.6 is 11.5 Å². The standard InChI is InChI=1S/C14H19N3OS/c1-14(2,3)12-16-13(19-17-12)18-11-7-5-6-10(8-11)9-15-4/h5-8,15H,9H2,1-4H3. The molecule has 0 aliphatic heterocycles. The Labute approximate surface area is 118 Å². The van der Waals surface area contributed by atoms with E-state index in [1.807, 2.05) is 25.2 Å². The van der Waals surface area contributed by atoms with Gasteiger partial charge in [-0.15, -0.1) is 0 Å². The van der Waals surface area contributed by atoms with Crippen LogP contribution in [0.2, 0.25) is 0 Å². The molecule has 1 aromatic heterocycles. The van der Waals surface area contributed by atoms with Crippen molar-refractivity contribution in [1.82, 2.24) is 14.7 Å². The molecule has 1 N–H and O–H groups in total. The van der Waals surface area contributed by atoms with Crippen LogP contribution in [0.5, 0.6) is 10.9 Å². The highest BCUT2D eigenvalue weighted by Crippen LogP contribution is 2.28. The lowest BCUT2D eigenvalue weighted by Gasteiger charge is -2.12. The fourth-order valence-corrected chi connectivity index (χ4v) is 2.32. The molecule has 19 heavy (non-hydrogen) atoms. The van der Waals surface area contributed by atoms with Gasteiger partial charge in [-0.2, -0.15) is 9.36 Å². The second-order valence-corrected chi connectivity index (χ2v) is 6.13. The number of ether oxygens (including phenoxy) is 1. The molecule has 4 nitrogen and oxygen atoms in total. The molecule has 0 bridgehead atoms. The molecule has 5 heteroatoms. The monoisotopic (exact) mass is 277 g/mol. The first-order chi connectivity index (χ1) is 8.99. The van der Waals surface area contributed by atoms with Crippen molar-refractivity contribution in [3.05, 3.63) is 35.7 Å². The maximum atomic E-state index is 5.76. The van der Waals surface area contributed by atoms with Crippen LogP contribution in [0.1, 0.15) is 32.2 Å². The molecular weight excluding hydrogens is 258 g/mol. The van der Waals surface area contributed by atoms with E-state index < -0.39 is 0 Å². The zero-order valence-corrected chi connectivity index (χ0v) is 12.5. The van der Waals surface area contributed by atoms with Crippen molar-refractivity contribution in [2.75, 3.05) is 7.05 Å². The largest absolute Gasteiger partial charge is 0.430 e. The van der Waals surface area contributed by atoms with Gasteiger partial charge in [-0.1, -0.05) is 32.9 Å². The van der Waals surface area contributed by atoms with Gasteiger partial charge in [0.15, 0.2) is 5.82 Å². The van der Waals surface area contributed by atoms with Crippen molar-refractivity contribution >= 4 is 11.5 Å². The van der Waals surface area contributed by atoms with Crippen molar-refractivity contribution in [1.29, 1.82) is 0 Å². The average molecular weight is 277 g/mol. The number of nitrogens with one attached hydrogen (secondary N) is 1. The van der Waals surface area contributed by atoms with Crippen LogP contribution < -0.4 is 10.1 Å². The van der Waals surface area contributed by atoms with Crippen LogP contribution in [0.25, 0.3) is 0 Å². The van der Waals surface area contributed by atoms with Crippen molar-refractivity contribution in [2.45, 2.75) is 32.7 Å². The summed E-state index contributed by atoms with van der Waals surface area (Å²) in [5, 5.41) is 3.71.